The van der Waals surface area contributed by atoms with Crippen molar-refractivity contribution in [2.45, 2.75) is 6.42 Å². The molecule has 0 saturated heterocycles. The van der Waals surface area contributed by atoms with E-state index in [1.54, 1.807) is 0 Å². The van der Waals surface area contributed by atoms with Crippen LogP contribution in [0, 0.1) is 4.78 Å². The van der Waals surface area contributed by atoms with Crippen LogP contribution in [-0.2, 0) is 18.8 Å². The van der Waals surface area contributed by atoms with Crippen LogP contribution in [0.25, 0.3) is 0 Å². The molecule has 2 rings (SSSR count). The van der Waals surface area contributed by atoms with Gasteiger partial charge in [0.1, 0.15) is 0 Å². The molecular weight excluding hydrogens is 156 g/mol. The van der Waals surface area contributed by atoms with Crippen LogP contribution in [-0.4, -0.2) is 6.54 Å². The van der Waals surface area contributed by atoms with Crippen LogP contribution in [0.4, 0.5) is 5.69 Å². The maximum atomic E-state index is 5.33. The van der Waals surface area contributed by atoms with Gasteiger partial charge in [0.15, 0.2) is 0 Å². The average molecular weight is 166 g/mol. The van der Waals surface area contributed by atoms with Gasteiger partial charge in [-0.15, -0.1) is 0 Å². The van der Waals surface area contributed by atoms with E-state index < -0.39 is 0 Å². The van der Waals surface area contributed by atoms with Crippen molar-refractivity contribution in [3.8, 4) is 0 Å². The number of benzene rings is 1. The third kappa shape index (κ3) is 1.74. The van der Waals surface area contributed by atoms with Crippen molar-refractivity contribution >= 4 is 18.1 Å². The zero-order valence-electron chi connectivity index (χ0n) is 6.13. The van der Waals surface area contributed by atoms with Crippen molar-refractivity contribution in [3.63, 3.8) is 0 Å². The van der Waals surface area contributed by atoms with E-state index in [4.69, 9.17) is 4.78 Å². The number of nitrogens with one attached hydrogen (secondary N) is 2. The van der Waals surface area contributed by atoms with Crippen LogP contribution in [0.5, 0.6) is 0 Å². The molecule has 0 saturated carbocycles. The fraction of sp³-hybridized carbons (Fsp3) is 0.250. The third-order valence-corrected chi connectivity index (χ3v) is 1.73. The summed E-state index contributed by atoms with van der Waals surface area (Å²) in [7, 11) is 0. The maximum Gasteiger partial charge on any atom is 0.0373 e. The van der Waals surface area contributed by atoms with E-state index in [0.717, 1.165) is 6.54 Å². The van der Waals surface area contributed by atoms with Gasteiger partial charge in [-0.2, -0.15) is 0 Å². The molecule has 3 heteroatoms. The van der Waals surface area contributed by atoms with E-state index in [9.17, 15) is 0 Å². The molecule has 1 aromatic carbocycles. The molecule has 1 aliphatic rings. The van der Waals surface area contributed by atoms with Gasteiger partial charge < -0.3 is 5.32 Å². The van der Waals surface area contributed by atoms with Gasteiger partial charge in [0.05, 0.1) is 0 Å². The summed E-state index contributed by atoms with van der Waals surface area (Å²) in [4.78, 5) is 0. The fourth-order valence-corrected chi connectivity index (χ4v) is 1.24. The van der Waals surface area contributed by atoms with E-state index >= 15 is 0 Å². The molecule has 0 aliphatic carbocycles. The van der Waals surface area contributed by atoms with Crippen LogP contribution >= 0.6 is 0 Å². The summed E-state index contributed by atoms with van der Waals surface area (Å²) < 4.78 is 5.33. The van der Waals surface area contributed by atoms with Crippen LogP contribution < -0.4 is 5.32 Å². The molecular formula is C8H10N2S. The lowest BCUT2D eigenvalue weighted by Gasteiger charge is -1.94. The molecule has 0 bridgehead atoms. The summed E-state index contributed by atoms with van der Waals surface area (Å²) in [5.41, 5.74) is 2.77. The molecule has 0 aromatic heterocycles. The third-order valence-electron chi connectivity index (χ3n) is 1.73. The van der Waals surface area contributed by atoms with E-state index in [1.165, 1.54) is 17.7 Å². The molecule has 2 nitrogen and oxygen atoms in total. The van der Waals surface area contributed by atoms with Gasteiger partial charge in [0, 0.05) is 24.7 Å². The summed E-state index contributed by atoms with van der Waals surface area (Å²) in [6.07, 6.45) is 1.19. The number of rotatable bonds is 0. The summed E-state index contributed by atoms with van der Waals surface area (Å²) in [6.45, 7) is 1.11. The number of fused-ring (bicyclic) bond motifs is 1. The van der Waals surface area contributed by atoms with Crippen molar-refractivity contribution in [1.82, 2.24) is 0 Å². The van der Waals surface area contributed by atoms with Gasteiger partial charge in [-0.25, -0.2) is 4.78 Å². The van der Waals surface area contributed by atoms with Crippen LogP contribution in [0.1, 0.15) is 5.56 Å². The molecule has 1 heterocycles. The van der Waals surface area contributed by atoms with E-state index in [1.807, 2.05) is 0 Å². The summed E-state index contributed by atoms with van der Waals surface area (Å²) in [5, 5.41) is 3.30. The Morgan fingerprint density at radius 2 is 2.00 bits per heavy atom. The van der Waals surface area contributed by atoms with Gasteiger partial charge in [-0.1, -0.05) is 18.2 Å². The van der Waals surface area contributed by atoms with Gasteiger partial charge in [0.2, 0.25) is 0 Å². The summed E-state index contributed by atoms with van der Waals surface area (Å²) >= 11 is 3.33. The first kappa shape index (κ1) is 8.14. The minimum Gasteiger partial charge on any atom is -0.384 e. The zero-order valence-corrected chi connectivity index (χ0v) is 6.95. The molecule has 0 fully saturated rings. The molecule has 11 heavy (non-hydrogen) atoms. The minimum absolute atomic E-state index is 1.11. The largest absolute Gasteiger partial charge is 0.384 e. The van der Waals surface area contributed by atoms with E-state index in [2.05, 4.69) is 42.0 Å². The highest BCUT2D eigenvalue weighted by Gasteiger charge is 2.05. The predicted molar refractivity (Wildman–Crippen MR) is 48.7 cm³/mol. The van der Waals surface area contributed by atoms with Gasteiger partial charge >= 0.3 is 0 Å². The first-order valence-electron chi connectivity index (χ1n) is 3.49. The van der Waals surface area contributed by atoms with Crippen LogP contribution in [0.3, 0.4) is 0 Å². The average Bonchev–Trinajstić information content (AvgIpc) is 2.55. The lowest BCUT2D eigenvalue weighted by Crippen LogP contribution is -1.90. The quantitative estimate of drug-likeness (QED) is 0.618. The Morgan fingerprint density at radius 3 is 2.73 bits per heavy atom. The smallest absolute Gasteiger partial charge is 0.0373 e. The molecule has 0 atom stereocenters. The first-order chi connectivity index (χ1) is 5.47. The standard InChI is InChI=1S/C8H9N.HNS/c1-2-4-8-7(3-1)5-6-9-8;1-2/h1-4,9H,5-6H2;1H. The molecule has 58 valence electrons. The number of para-hydroxylation sites is 1. The van der Waals surface area contributed by atoms with Crippen molar-refractivity contribution in [2.24, 2.45) is 0 Å². The Morgan fingerprint density at radius 1 is 1.27 bits per heavy atom. The summed E-state index contributed by atoms with van der Waals surface area (Å²) in [5.74, 6) is 0. The van der Waals surface area contributed by atoms with Crippen LogP contribution in [0.15, 0.2) is 24.3 Å². The number of anilines is 1. The Balaban J connectivity index is 0.000000281. The molecule has 0 amide bonds. The van der Waals surface area contributed by atoms with E-state index in [0.29, 0.717) is 0 Å². The predicted octanol–water partition coefficient (Wildman–Crippen LogP) is 1.95. The van der Waals surface area contributed by atoms with Crippen LogP contribution in [0.2, 0.25) is 0 Å². The highest BCUT2D eigenvalue weighted by atomic mass is 32.1. The Labute approximate surface area is 71.6 Å². The lowest BCUT2D eigenvalue weighted by atomic mass is 10.2. The zero-order chi connectivity index (χ0) is 8.10. The molecule has 2 N–H and O–H groups in total. The van der Waals surface area contributed by atoms with Gasteiger partial charge in [-0.05, 0) is 18.1 Å². The molecule has 0 radical (unpaired) electrons. The second kappa shape index (κ2) is 4.03. The SMILES string of the molecule is N=S.c1ccc2c(c1)CCN2. The fourth-order valence-electron chi connectivity index (χ4n) is 1.24. The highest BCUT2D eigenvalue weighted by molar-refractivity contribution is 7.45. The molecule has 0 spiro atoms. The Bertz CT molecular complexity index is 214. The number of hydrogen-bond acceptors (Lipinski definition) is 3. The monoisotopic (exact) mass is 166 g/mol. The second-order valence-electron chi connectivity index (χ2n) is 2.33. The van der Waals surface area contributed by atoms with Crippen molar-refractivity contribution in [2.75, 3.05) is 11.9 Å². The van der Waals surface area contributed by atoms with Crippen molar-refractivity contribution in [1.29, 1.82) is 4.78 Å². The topological polar surface area (TPSA) is 35.9 Å². The van der Waals surface area contributed by atoms with Crippen molar-refractivity contribution < 1.29 is 0 Å². The number of hydrogen-bond donors (Lipinski definition) is 2. The minimum atomic E-state index is 1.11. The van der Waals surface area contributed by atoms with Crippen molar-refractivity contribution in [3.05, 3.63) is 29.8 Å². The first-order valence-corrected chi connectivity index (χ1v) is 3.90. The highest BCUT2D eigenvalue weighted by Crippen LogP contribution is 2.19. The van der Waals surface area contributed by atoms with Gasteiger partial charge in [-0.3, -0.25) is 0 Å². The summed E-state index contributed by atoms with van der Waals surface area (Å²) in [6, 6.07) is 8.46. The molecule has 1 aromatic rings. The van der Waals surface area contributed by atoms with Gasteiger partial charge in [0.25, 0.3) is 0 Å². The molecule has 1 aliphatic heterocycles. The Kier molecular flexibility index (Phi) is 2.98. The normalized spacial score (nSPS) is 12.4. The molecule has 0 unspecified atom stereocenters. The maximum absolute atomic E-state index is 5.33. The Hall–Kier alpha value is -0.960. The lowest BCUT2D eigenvalue weighted by molar-refractivity contribution is 1.11. The second-order valence-corrected chi connectivity index (χ2v) is 2.33. The van der Waals surface area contributed by atoms with E-state index in [-0.39, 0.29) is 0 Å².